The Balaban J connectivity index is 4.09. The van der Waals surface area contributed by atoms with Crippen molar-refractivity contribution in [1.82, 2.24) is 10.2 Å². The van der Waals surface area contributed by atoms with E-state index in [4.69, 9.17) is 5.73 Å². The highest BCUT2D eigenvalue weighted by molar-refractivity contribution is 5.89. The second-order valence-electron chi connectivity index (χ2n) is 4.14. The van der Waals surface area contributed by atoms with E-state index < -0.39 is 5.54 Å². The van der Waals surface area contributed by atoms with Crippen LogP contribution in [-0.2, 0) is 9.59 Å². The van der Waals surface area contributed by atoms with Gasteiger partial charge in [-0.2, -0.15) is 0 Å². The molecule has 0 aromatic heterocycles. The molecule has 0 aromatic carbocycles. The lowest BCUT2D eigenvalue weighted by Crippen LogP contribution is -2.53. The highest BCUT2D eigenvalue weighted by Crippen LogP contribution is 2.07. The summed E-state index contributed by atoms with van der Waals surface area (Å²) in [5, 5.41) is 2.53. The molecule has 1 atom stereocenters. The Bertz CT molecular complexity index is 237. The van der Waals surface area contributed by atoms with Crippen LogP contribution in [0.1, 0.15) is 26.7 Å². The van der Waals surface area contributed by atoms with Gasteiger partial charge in [0.05, 0.1) is 12.1 Å². The average Bonchev–Trinajstić information content (AvgIpc) is 2.13. The normalized spacial score (nSPS) is 14.2. The van der Waals surface area contributed by atoms with Crippen molar-refractivity contribution in [2.24, 2.45) is 5.73 Å². The first kappa shape index (κ1) is 13.9. The molecule has 88 valence electrons. The van der Waals surface area contributed by atoms with Gasteiger partial charge in [-0.05, 0) is 13.3 Å². The lowest BCUT2D eigenvalue weighted by Gasteiger charge is -2.23. The second kappa shape index (κ2) is 5.70. The molecule has 0 aliphatic rings. The van der Waals surface area contributed by atoms with Gasteiger partial charge in [-0.1, -0.05) is 13.3 Å². The van der Waals surface area contributed by atoms with Crippen LogP contribution >= 0.6 is 0 Å². The Morgan fingerprint density at radius 2 is 1.93 bits per heavy atom. The van der Waals surface area contributed by atoms with E-state index in [0.29, 0.717) is 6.42 Å². The highest BCUT2D eigenvalue weighted by Gasteiger charge is 2.27. The number of carbonyl (C=O) groups is 2. The SMILES string of the molecule is CCCC(C)(N)C(=O)NCC(=O)N(C)C. The molecule has 2 amide bonds. The molecule has 15 heavy (non-hydrogen) atoms. The van der Waals surface area contributed by atoms with Crippen LogP contribution in [0.5, 0.6) is 0 Å². The summed E-state index contributed by atoms with van der Waals surface area (Å²) in [6, 6.07) is 0. The Morgan fingerprint density at radius 3 is 2.33 bits per heavy atom. The fraction of sp³-hybridized carbons (Fsp3) is 0.800. The Kier molecular flexibility index (Phi) is 5.28. The van der Waals surface area contributed by atoms with E-state index >= 15 is 0 Å². The Labute approximate surface area is 91.0 Å². The van der Waals surface area contributed by atoms with Gasteiger partial charge in [-0.3, -0.25) is 9.59 Å². The Morgan fingerprint density at radius 1 is 1.40 bits per heavy atom. The monoisotopic (exact) mass is 215 g/mol. The molecule has 3 N–H and O–H groups in total. The number of likely N-dealkylation sites (N-methyl/N-ethyl adjacent to an activating group) is 1. The van der Waals surface area contributed by atoms with Gasteiger partial charge < -0.3 is 16.0 Å². The fourth-order valence-electron chi connectivity index (χ4n) is 1.15. The number of rotatable bonds is 5. The minimum Gasteiger partial charge on any atom is -0.347 e. The number of nitrogens with two attached hydrogens (primary N) is 1. The van der Waals surface area contributed by atoms with Crippen LogP contribution in [0.3, 0.4) is 0 Å². The van der Waals surface area contributed by atoms with E-state index in [1.165, 1.54) is 4.90 Å². The molecule has 0 aliphatic carbocycles. The summed E-state index contributed by atoms with van der Waals surface area (Å²) in [7, 11) is 3.28. The fourth-order valence-corrected chi connectivity index (χ4v) is 1.15. The minimum absolute atomic E-state index is 0.00232. The van der Waals surface area contributed by atoms with Crippen LogP contribution in [0.15, 0.2) is 0 Å². The first-order valence-electron chi connectivity index (χ1n) is 5.08. The van der Waals surface area contributed by atoms with Crippen LogP contribution in [0, 0.1) is 0 Å². The molecule has 0 fully saturated rings. The number of hydrogen-bond donors (Lipinski definition) is 2. The van der Waals surface area contributed by atoms with Gasteiger partial charge in [-0.15, -0.1) is 0 Å². The molecule has 0 spiro atoms. The van der Waals surface area contributed by atoms with Gasteiger partial charge in [0.15, 0.2) is 0 Å². The molecule has 5 nitrogen and oxygen atoms in total. The van der Waals surface area contributed by atoms with Crippen molar-refractivity contribution in [3.63, 3.8) is 0 Å². The minimum atomic E-state index is -0.888. The summed E-state index contributed by atoms with van der Waals surface area (Å²) in [5.41, 5.74) is 4.91. The zero-order valence-electron chi connectivity index (χ0n) is 9.96. The number of nitrogens with zero attached hydrogens (tertiary/aromatic N) is 1. The van der Waals surface area contributed by atoms with E-state index in [1.54, 1.807) is 21.0 Å². The quantitative estimate of drug-likeness (QED) is 0.661. The predicted molar refractivity (Wildman–Crippen MR) is 59.2 cm³/mol. The zero-order chi connectivity index (χ0) is 12.1. The van der Waals surface area contributed by atoms with Crippen molar-refractivity contribution < 1.29 is 9.59 Å². The summed E-state index contributed by atoms with van der Waals surface area (Å²) in [6.07, 6.45) is 1.44. The number of amides is 2. The molecule has 1 unspecified atom stereocenters. The van der Waals surface area contributed by atoms with Crippen LogP contribution in [0.25, 0.3) is 0 Å². The molecule has 0 aliphatic heterocycles. The van der Waals surface area contributed by atoms with Gasteiger partial charge >= 0.3 is 0 Å². The van der Waals surface area contributed by atoms with Crippen molar-refractivity contribution in [2.45, 2.75) is 32.2 Å². The highest BCUT2D eigenvalue weighted by atomic mass is 16.2. The van der Waals surface area contributed by atoms with Crippen LogP contribution in [-0.4, -0.2) is 42.9 Å². The predicted octanol–water partition coefficient (Wildman–Crippen LogP) is -0.292. The molecule has 5 heteroatoms. The number of nitrogens with one attached hydrogen (secondary N) is 1. The summed E-state index contributed by atoms with van der Waals surface area (Å²) < 4.78 is 0. The van der Waals surface area contributed by atoms with Crippen LogP contribution in [0.4, 0.5) is 0 Å². The summed E-state index contributed by atoms with van der Waals surface area (Å²) in [4.78, 5) is 24.2. The molecule has 0 saturated carbocycles. The molecule has 0 heterocycles. The van der Waals surface area contributed by atoms with Crippen molar-refractivity contribution >= 4 is 11.8 Å². The van der Waals surface area contributed by atoms with E-state index in [9.17, 15) is 9.59 Å². The summed E-state index contributed by atoms with van der Waals surface area (Å²) in [6.45, 7) is 3.64. The van der Waals surface area contributed by atoms with E-state index in [-0.39, 0.29) is 18.4 Å². The van der Waals surface area contributed by atoms with Gasteiger partial charge in [0, 0.05) is 14.1 Å². The van der Waals surface area contributed by atoms with E-state index in [1.807, 2.05) is 6.92 Å². The van der Waals surface area contributed by atoms with Crippen molar-refractivity contribution in [3.05, 3.63) is 0 Å². The molecule has 0 radical (unpaired) electrons. The van der Waals surface area contributed by atoms with Gasteiger partial charge in [0.25, 0.3) is 0 Å². The maximum absolute atomic E-state index is 11.6. The third kappa shape index (κ3) is 4.78. The Hall–Kier alpha value is -1.10. The smallest absolute Gasteiger partial charge is 0.241 e. The van der Waals surface area contributed by atoms with Crippen LogP contribution < -0.4 is 11.1 Å². The van der Waals surface area contributed by atoms with E-state index in [0.717, 1.165) is 6.42 Å². The molecule has 0 saturated heterocycles. The largest absolute Gasteiger partial charge is 0.347 e. The third-order valence-corrected chi connectivity index (χ3v) is 2.19. The lowest BCUT2D eigenvalue weighted by atomic mass is 9.96. The summed E-state index contributed by atoms with van der Waals surface area (Å²) in [5.74, 6) is -0.421. The molecular formula is C10H21N3O2. The maximum Gasteiger partial charge on any atom is 0.241 e. The topological polar surface area (TPSA) is 75.4 Å². The van der Waals surface area contributed by atoms with Gasteiger partial charge in [-0.25, -0.2) is 0 Å². The molecule has 0 bridgehead atoms. The van der Waals surface area contributed by atoms with E-state index in [2.05, 4.69) is 5.32 Å². The lowest BCUT2D eigenvalue weighted by molar-refractivity contribution is -0.132. The van der Waals surface area contributed by atoms with Crippen molar-refractivity contribution in [3.8, 4) is 0 Å². The first-order chi connectivity index (χ1) is 6.81. The number of carbonyl (C=O) groups excluding carboxylic acids is 2. The third-order valence-electron chi connectivity index (χ3n) is 2.19. The molecule has 0 rings (SSSR count). The average molecular weight is 215 g/mol. The van der Waals surface area contributed by atoms with Crippen LogP contribution in [0.2, 0.25) is 0 Å². The van der Waals surface area contributed by atoms with Crippen molar-refractivity contribution in [2.75, 3.05) is 20.6 Å². The van der Waals surface area contributed by atoms with Crippen molar-refractivity contribution in [1.29, 1.82) is 0 Å². The summed E-state index contributed by atoms with van der Waals surface area (Å²) >= 11 is 0. The maximum atomic E-state index is 11.6. The first-order valence-corrected chi connectivity index (χ1v) is 5.08. The zero-order valence-corrected chi connectivity index (χ0v) is 9.96. The molecule has 0 aromatic rings. The van der Waals surface area contributed by atoms with Gasteiger partial charge in [0.1, 0.15) is 0 Å². The standard InChI is InChI=1S/C10H21N3O2/c1-5-6-10(2,11)9(15)12-7-8(14)13(3)4/h5-7,11H2,1-4H3,(H,12,15). The second-order valence-corrected chi connectivity index (χ2v) is 4.14. The molecular weight excluding hydrogens is 194 g/mol. The number of hydrogen-bond acceptors (Lipinski definition) is 3. The van der Waals surface area contributed by atoms with Gasteiger partial charge in [0.2, 0.25) is 11.8 Å².